The van der Waals surface area contributed by atoms with Gasteiger partial charge in [0.15, 0.2) is 6.61 Å². The van der Waals surface area contributed by atoms with Crippen molar-refractivity contribution < 1.29 is 14.3 Å². The number of carbonyl (C=O) groups excluding carboxylic acids is 2. The number of ether oxygens (including phenoxy) is 1. The van der Waals surface area contributed by atoms with E-state index in [1.807, 2.05) is 31.2 Å². The topological polar surface area (TPSA) is 67.4 Å². The molecule has 0 saturated heterocycles. The maximum absolute atomic E-state index is 12.2. The van der Waals surface area contributed by atoms with Gasteiger partial charge in [0, 0.05) is 11.3 Å². The van der Waals surface area contributed by atoms with Crippen molar-refractivity contribution in [3.05, 3.63) is 53.6 Å². The third-order valence-corrected chi connectivity index (χ3v) is 3.18. The van der Waals surface area contributed by atoms with Crippen LogP contribution in [0.3, 0.4) is 0 Å². The van der Waals surface area contributed by atoms with E-state index in [1.54, 1.807) is 18.2 Å². The number of anilines is 2. The maximum Gasteiger partial charge on any atom is 0.262 e. The fraction of sp³-hybridized carbons (Fsp3) is 0.125. The summed E-state index contributed by atoms with van der Waals surface area (Å²) in [7, 11) is 0. The van der Waals surface area contributed by atoms with E-state index in [-0.39, 0.29) is 18.4 Å². The number of aryl methyl sites for hydroxylation is 1. The lowest BCUT2D eigenvalue weighted by Crippen LogP contribution is -2.25. The summed E-state index contributed by atoms with van der Waals surface area (Å²) in [6, 6.07) is 12.5. The number of nitrogens with one attached hydrogen (secondary N) is 2. The number of amides is 2. The molecule has 2 amide bonds. The summed E-state index contributed by atoms with van der Waals surface area (Å²) in [4.78, 5) is 23.5. The SMILES string of the molecule is Cc1ccc(NC(=O)c2ccc3c(c2)NC(=O)CO3)cc1. The molecule has 21 heavy (non-hydrogen) atoms. The summed E-state index contributed by atoms with van der Waals surface area (Å²) in [5.74, 6) is 0.113. The van der Waals surface area contributed by atoms with Crippen molar-refractivity contribution in [2.75, 3.05) is 17.2 Å². The summed E-state index contributed by atoms with van der Waals surface area (Å²) in [6.45, 7) is 1.99. The molecule has 1 heterocycles. The molecule has 5 nitrogen and oxygen atoms in total. The molecule has 2 aromatic rings. The third-order valence-electron chi connectivity index (χ3n) is 3.18. The average Bonchev–Trinajstić information content (AvgIpc) is 2.48. The van der Waals surface area contributed by atoms with Crippen molar-refractivity contribution in [3.8, 4) is 5.75 Å². The van der Waals surface area contributed by atoms with Crippen LogP contribution in [0.4, 0.5) is 11.4 Å². The molecule has 0 fully saturated rings. The van der Waals surface area contributed by atoms with Crippen LogP contribution in [0.1, 0.15) is 15.9 Å². The molecule has 0 radical (unpaired) electrons. The van der Waals surface area contributed by atoms with E-state index in [2.05, 4.69) is 10.6 Å². The zero-order valence-electron chi connectivity index (χ0n) is 11.5. The molecule has 3 rings (SSSR count). The van der Waals surface area contributed by atoms with Crippen LogP contribution in [0.15, 0.2) is 42.5 Å². The van der Waals surface area contributed by atoms with E-state index in [4.69, 9.17) is 4.74 Å². The van der Waals surface area contributed by atoms with Crippen LogP contribution in [-0.4, -0.2) is 18.4 Å². The number of carbonyl (C=O) groups is 2. The Hall–Kier alpha value is -2.82. The summed E-state index contributed by atoms with van der Waals surface area (Å²) >= 11 is 0. The van der Waals surface area contributed by atoms with Crippen LogP contribution >= 0.6 is 0 Å². The van der Waals surface area contributed by atoms with Crippen LogP contribution in [0.2, 0.25) is 0 Å². The normalized spacial score (nSPS) is 12.9. The van der Waals surface area contributed by atoms with Gasteiger partial charge < -0.3 is 15.4 Å². The Morgan fingerprint density at radius 2 is 1.95 bits per heavy atom. The molecule has 5 heteroatoms. The minimum atomic E-state index is -0.235. The van der Waals surface area contributed by atoms with Crippen molar-refractivity contribution in [2.24, 2.45) is 0 Å². The Labute approximate surface area is 121 Å². The average molecular weight is 282 g/mol. The Morgan fingerprint density at radius 3 is 2.71 bits per heavy atom. The first kappa shape index (κ1) is 13.2. The lowest BCUT2D eigenvalue weighted by molar-refractivity contribution is -0.118. The van der Waals surface area contributed by atoms with Crippen molar-refractivity contribution in [3.63, 3.8) is 0 Å². The van der Waals surface area contributed by atoms with Gasteiger partial charge in [-0.05, 0) is 37.3 Å². The number of hydrogen-bond donors (Lipinski definition) is 2. The first-order chi connectivity index (χ1) is 10.1. The predicted octanol–water partition coefficient (Wildman–Crippen LogP) is 2.58. The van der Waals surface area contributed by atoms with Gasteiger partial charge in [-0.1, -0.05) is 17.7 Å². The number of rotatable bonds is 2. The summed E-state index contributed by atoms with van der Waals surface area (Å²) in [6.07, 6.45) is 0. The van der Waals surface area contributed by atoms with Gasteiger partial charge in [-0.2, -0.15) is 0 Å². The molecule has 0 atom stereocenters. The van der Waals surface area contributed by atoms with Gasteiger partial charge in [0.1, 0.15) is 5.75 Å². The van der Waals surface area contributed by atoms with Gasteiger partial charge in [0.05, 0.1) is 5.69 Å². The van der Waals surface area contributed by atoms with Crippen LogP contribution in [-0.2, 0) is 4.79 Å². The highest BCUT2D eigenvalue weighted by atomic mass is 16.5. The quantitative estimate of drug-likeness (QED) is 0.889. The smallest absolute Gasteiger partial charge is 0.262 e. The molecule has 0 aliphatic carbocycles. The van der Waals surface area contributed by atoms with Gasteiger partial charge in [0.25, 0.3) is 11.8 Å². The maximum atomic E-state index is 12.2. The van der Waals surface area contributed by atoms with Gasteiger partial charge >= 0.3 is 0 Å². The fourth-order valence-electron chi connectivity index (χ4n) is 2.06. The molecular weight excluding hydrogens is 268 g/mol. The molecular formula is C16H14N2O3. The van der Waals surface area contributed by atoms with E-state index in [0.717, 1.165) is 11.3 Å². The fourth-order valence-corrected chi connectivity index (χ4v) is 2.06. The van der Waals surface area contributed by atoms with Crippen molar-refractivity contribution in [2.45, 2.75) is 6.92 Å². The largest absolute Gasteiger partial charge is 0.482 e. The van der Waals surface area contributed by atoms with Crippen molar-refractivity contribution in [1.29, 1.82) is 0 Å². The Balaban J connectivity index is 1.80. The second-order valence-corrected chi connectivity index (χ2v) is 4.87. The Morgan fingerprint density at radius 1 is 1.19 bits per heavy atom. The molecule has 0 saturated carbocycles. The van der Waals surface area contributed by atoms with Crippen LogP contribution in [0, 0.1) is 6.92 Å². The van der Waals surface area contributed by atoms with Crippen LogP contribution < -0.4 is 15.4 Å². The summed E-state index contributed by atoms with van der Waals surface area (Å²) in [5.41, 5.74) is 2.83. The molecule has 0 aromatic heterocycles. The second-order valence-electron chi connectivity index (χ2n) is 4.87. The third kappa shape index (κ3) is 2.86. The second kappa shape index (κ2) is 5.28. The van der Waals surface area contributed by atoms with Gasteiger partial charge in [-0.3, -0.25) is 9.59 Å². The first-order valence-electron chi connectivity index (χ1n) is 6.56. The summed E-state index contributed by atoms with van der Waals surface area (Å²) in [5, 5.41) is 5.49. The summed E-state index contributed by atoms with van der Waals surface area (Å²) < 4.78 is 5.26. The highest BCUT2D eigenvalue weighted by Crippen LogP contribution is 2.28. The molecule has 0 spiro atoms. The van der Waals surface area contributed by atoms with Crippen molar-refractivity contribution >= 4 is 23.2 Å². The molecule has 1 aliphatic rings. The van der Waals surface area contributed by atoms with E-state index in [1.165, 1.54) is 0 Å². The van der Waals surface area contributed by atoms with E-state index in [0.29, 0.717) is 17.0 Å². The van der Waals surface area contributed by atoms with E-state index >= 15 is 0 Å². The van der Waals surface area contributed by atoms with Gasteiger partial charge in [-0.15, -0.1) is 0 Å². The van der Waals surface area contributed by atoms with Crippen LogP contribution in [0.5, 0.6) is 5.75 Å². The zero-order chi connectivity index (χ0) is 14.8. The monoisotopic (exact) mass is 282 g/mol. The van der Waals surface area contributed by atoms with Gasteiger partial charge in [0.2, 0.25) is 0 Å². The highest BCUT2D eigenvalue weighted by molar-refractivity contribution is 6.06. The number of fused-ring (bicyclic) bond motifs is 1. The van der Waals surface area contributed by atoms with Crippen molar-refractivity contribution in [1.82, 2.24) is 0 Å². The Kier molecular flexibility index (Phi) is 3.31. The van der Waals surface area contributed by atoms with E-state index < -0.39 is 0 Å². The minimum absolute atomic E-state index is 0.00189. The molecule has 1 aliphatic heterocycles. The number of hydrogen-bond acceptors (Lipinski definition) is 3. The number of benzene rings is 2. The molecule has 0 bridgehead atoms. The lowest BCUT2D eigenvalue weighted by Gasteiger charge is -2.18. The highest BCUT2D eigenvalue weighted by Gasteiger charge is 2.17. The zero-order valence-corrected chi connectivity index (χ0v) is 11.5. The molecule has 0 unspecified atom stereocenters. The standard InChI is InChI=1S/C16H14N2O3/c1-10-2-5-12(6-3-10)17-16(20)11-4-7-14-13(8-11)18-15(19)9-21-14/h2-8H,9H2,1H3,(H,17,20)(H,18,19). The predicted molar refractivity (Wildman–Crippen MR) is 79.7 cm³/mol. The minimum Gasteiger partial charge on any atom is -0.482 e. The molecule has 2 aromatic carbocycles. The lowest BCUT2D eigenvalue weighted by atomic mass is 10.1. The molecule has 2 N–H and O–H groups in total. The first-order valence-corrected chi connectivity index (χ1v) is 6.56. The molecule has 106 valence electrons. The van der Waals surface area contributed by atoms with Crippen LogP contribution in [0.25, 0.3) is 0 Å². The Bertz CT molecular complexity index is 708. The van der Waals surface area contributed by atoms with E-state index in [9.17, 15) is 9.59 Å². The van der Waals surface area contributed by atoms with Gasteiger partial charge in [-0.25, -0.2) is 0 Å².